The molecule has 0 aromatic carbocycles. The Morgan fingerprint density at radius 3 is 2.78 bits per heavy atom. The van der Waals surface area contributed by atoms with Gasteiger partial charge in [-0.1, -0.05) is 13.8 Å². The number of aromatic nitrogens is 2. The first-order chi connectivity index (χ1) is 8.74. The molecule has 5 nitrogen and oxygen atoms in total. The van der Waals surface area contributed by atoms with E-state index < -0.39 is 0 Å². The van der Waals surface area contributed by atoms with Crippen LogP contribution in [0.1, 0.15) is 20.3 Å². The molecule has 0 aliphatic carbocycles. The van der Waals surface area contributed by atoms with Crippen LogP contribution in [0.3, 0.4) is 0 Å². The van der Waals surface area contributed by atoms with Crippen molar-refractivity contribution in [3.05, 3.63) is 12.4 Å². The average molecular weight is 249 g/mol. The lowest BCUT2D eigenvalue weighted by molar-refractivity contribution is 0.614. The number of rotatable bonds is 6. The normalized spacial score (nSPS) is 19.2. The highest BCUT2D eigenvalue weighted by atomic mass is 15.1. The number of nitrogens with zero attached hydrogens (tertiary/aromatic N) is 2. The van der Waals surface area contributed by atoms with E-state index in [1.807, 2.05) is 6.07 Å². The van der Waals surface area contributed by atoms with Gasteiger partial charge in [-0.3, -0.25) is 0 Å². The lowest BCUT2D eigenvalue weighted by Gasteiger charge is -2.12. The molecule has 3 N–H and O–H groups in total. The fourth-order valence-corrected chi connectivity index (χ4v) is 2.00. The van der Waals surface area contributed by atoms with Crippen LogP contribution in [0.4, 0.5) is 11.6 Å². The first kappa shape index (κ1) is 13.1. The SMILES string of the molecule is CC(C)CNc1cc(NCC2CCNC2)ncn1. The molecule has 1 aromatic heterocycles. The molecule has 0 saturated carbocycles. The maximum atomic E-state index is 4.24. The van der Waals surface area contributed by atoms with Crippen molar-refractivity contribution in [3.8, 4) is 0 Å². The van der Waals surface area contributed by atoms with Crippen molar-refractivity contribution in [2.75, 3.05) is 36.8 Å². The van der Waals surface area contributed by atoms with Crippen LogP contribution in [-0.4, -0.2) is 36.1 Å². The first-order valence-electron chi connectivity index (χ1n) is 6.74. The molecule has 1 aliphatic rings. The second-order valence-electron chi connectivity index (χ2n) is 5.30. The molecule has 100 valence electrons. The van der Waals surface area contributed by atoms with Crippen molar-refractivity contribution in [2.45, 2.75) is 20.3 Å². The largest absolute Gasteiger partial charge is 0.370 e. The summed E-state index contributed by atoms with van der Waals surface area (Å²) in [6, 6.07) is 1.98. The Morgan fingerprint density at radius 2 is 2.11 bits per heavy atom. The van der Waals surface area contributed by atoms with Gasteiger partial charge in [0.25, 0.3) is 0 Å². The Morgan fingerprint density at radius 1 is 1.33 bits per heavy atom. The molecular weight excluding hydrogens is 226 g/mol. The second kappa shape index (κ2) is 6.54. The Bertz CT molecular complexity index is 360. The highest BCUT2D eigenvalue weighted by Gasteiger charge is 2.13. The molecule has 1 aliphatic heterocycles. The third-order valence-corrected chi connectivity index (χ3v) is 3.09. The van der Waals surface area contributed by atoms with Crippen molar-refractivity contribution < 1.29 is 0 Å². The minimum Gasteiger partial charge on any atom is -0.370 e. The Hall–Kier alpha value is -1.36. The summed E-state index contributed by atoms with van der Waals surface area (Å²) in [4.78, 5) is 8.46. The van der Waals surface area contributed by atoms with Gasteiger partial charge in [0.15, 0.2) is 0 Å². The van der Waals surface area contributed by atoms with Crippen LogP contribution in [0.2, 0.25) is 0 Å². The molecule has 2 rings (SSSR count). The molecule has 1 saturated heterocycles. The van der Waals surface area contributed by atoms with Crippen molar-refractivity contribution in [1.82, 2.24) is 15.3 Å². The zero-order valence-electron chi connectivity index (χ0n) is 11.2. The quantitative estimate of drug-likeness (QED) is 0.714. The van der Waals surface area contributed by atoms with Crippen LogP contribution in [0.15, 0.2) is 12.4 Å². The zero-order chi connectivity index (χ0) is 12.8. The van der Waals surface area contributed by atoms with E-state index in [2.05, 4.69) is 39.8 Å². The van der Waals surface area contributed by atoms with E-state index in [0.29, 0.717) is 11.8 Å². The second-order valence-corrected chi connectivity index (χ2v) is 5.30. The number of hydrogen-bond donors (Lipinski definition) is 3. The summed E-state index contributed by atoms with van der Waals surface area (Å²) < 4.78 is 0. The van der Waals surface area contributed by atoms with E-state index in [0.717, 1.165) is 37.8 Å². The number of anilines is 2. The fraction of sp³-hybridized carbons (Fsp3) is 0.692. The van der Waals surface area contributed by atoms with E-state index in [9.17, 15) is 0 Å². The van der Waals surface area contributed by atoms with Crippen molar-refractivity contribution in [2.24, 2.45) is 11.8 Å². The van der Waals surface area contributed by atoms with Gasteiger partial charge in [-0.15, -0.1) is 0 Å². The van der Waals surface area contributed by atoms with Crippen LogP contribution in [0, 0.1) is 11.8 Å². The fourth-order valence-electron chi connectivity index (χ4n) is 2.00. The molecule has 1 fully saturated rings. The molecule has 1 atom stereocenters. The predicted molar refractivity (Wildman–Crippen MR) is 74.8 cm³/mol. The van der Waals surface area contributed by atoms with Gasteiger partial charge in [-0.05, 0) is 31.3 Å². The zero-order valence-corrected chi connectivity index (χ0v) is 11.2. The summed E-state index contributed by atoms with van der Waals surface area (Å²) in [5, 5.41) is 10.1. The Kier molecular flexibility index (Phi) is 4.75. The smallest absolute Gasteiger partial charge is 0.131 e. The minimum atomic E-state index is 0.612. The maximum absolute atomic E-state index is 4.24. The van der Waals surface area contributed by atoms with Gasteiger partial charge >= 0.3 is 0 Å². The standard InChI is InChI=1S/C13H23N5/c1-10(2)6-15-12-5-13(18-9-17-12)16-8-11-3-4-14-7-11/h5,9-11,14H,3-4,6-8H2,1-2H3,(H2,15,16,17,18). The molecule has 0 amide bonds. The van der Waals surface area contributed by atoms with Gasteiger partial charge in [-0.25, -0.2) is 9.97 Å². The molecule has 5 heteroatoms. The third-order valence-electron chi connectivity index (χ3n) is 3.09. The van der Waals surface area contributed by atoms with E-state index in [4.69, 9.17) is 0 Å². The van der Waals surface area contributed by atoms with Gasteiger partial charge in [-0.2, -0.15) is 0 Å². The van der Waals surface area contributed by atoms with E-state index >= 15 is 0 Å². The van der Waals surface area contributed by atoms with Crippen LogP contribution in [0.25, 0.3) is 0 Å². The van der Waals surface area contributed by atoms with E-state index in [1.165, 1.54) is 6.42 Å². The van der Waals surface area contributed by atoms with E-state index in [1.54, 1.807) is 6.33 Å². The lowest BCUT2D eigenvalue weighted by Crippen LogP contribution is -2.18. The average Bonchev–Trinajstić information content (AvgIpc) is 2.87. The van der Waals surface area contributed by atoms with Crippen LogP contribution >= 0.6 is 0 Å². The van der Waals surface area contributed by atoms with Crippen LogP contribution < -0.4 is 16.0 Å². The molecule has 18 heavy (non-hydrogen) atoms. The topological polar surface area (TPSA) is 61.9 Å². The van der Waals surface area contributed by atoms with Gasteiger partial charge in [0.05, 0.1) is 0 Å². The summed E-state index contributed by atoms with van der Waals surface area (Å²) in [5.74, 6) is 3.13. The monoisotopic (exact) mass is 249 g/mol. The minimum absolute atomic E-state index is 0.612. The van der Waals surface area contributed by atoms with Gasteiger partial charge < -0.3 is 16.0 Å². The van der Waals surface area contributed by atoms with Gasteiger partial charge in [0.1, 0.15) is 18.0 Å². The maximum Gasteiger partial charge on any atom is 0.131 e. The van der Waals surface area contributed by atoms with Gasteiger partial charge in [0.2, 0.25) is 0 Å². The highest BCUT2D eigenvalue weighted by molar-refractivity contribution is 5.46. The summed E-state index contributed by atoms with van der Waals surface area (Å²) in [6.07, 6.45) is 2.86. The molecular formula is C13H23N5. The Balaban J connectivity index is 1.82. The van der Waals surface area contributed by atoms with Gasteiger partial charge in [0, 0.05) is 19.2 Å². The van der Waals surface area contributed by atoms with Crippen molar-refractivity contribution in [3.63, 3.8) is 0 Å². The molecule has 0 bridgehead atoms. The predicted octanol–water partition coefficient (Wildman–Crippen LogP) is 1.57. The lowest BCUT2D eigenvalue weighted by atomic mass is 10.1. The Labute approximate surface area is 109 Å². The first-order valence-corrected chi connectivity index (χ1v) is 6.74. The van der Waals surface area contributed by atoms with Crippen molar-refractivity contribution in [1.29, 1.82) is 0 Å². The molecule has 1 aromatic rings. The molecule has 0 radical (unpaired) electrons. The van der Waals surface area contributed by atoms with Crippen LogP contribution in [-0.2, 0) is 0 Å². The molecule has 0 spiro atoms. The summed E-state index contributed by atoms with van der Waals surface area (Å²) in [6.45, 7) is 8.52. The highest BCUT2D eigenvalue weighted by Crippen LogP contribution is 2.12. The summed E-state index contributed by atoms with van der Waals surface area (Å²) in [5.41, 5.74) is 0. The number of hydrogen-bond acceptors (Lipinski definition) is 5. The molecule has 2 heterocycles. The third kappa shape index (κ3) is 4.14. The van der Waals surface area contributed by atoms with E-state index in [-0.39, 0.29) is 0 Å². The van der Waals surface area contributed by atoms with Crippen molar-refractivity contribution >= 4 is 11.6 Å². The molecule has 1 unspecified atom stereocenters. The number of nitrogens with one attached hydrogen (secondary N) is 3. The summed E-state index contributed by atoms with van der Waals surface area (Å²) >= 11 is 0. The summed E-state index contributed by atoms with van der Waals surface area (Å²) in [7, 11) is 0. The van der Waals surface area contributed by atoms with Crippen LogP contribution in [0.5, 0.6) is 0 Å².